The van der Waals surface area contributed by atoms with Crippen LogP contribution in [0.1, 0.15) is 19.4 Å². The van der Waals surface area contributed by atoms with Gasteiger partial charge in [0.2, 0.25) is 0 Å². The SMILES string of the molecule is C=CCNC(=S)N/N=C/c1cccc(OCC(C)C)c1. The van der Waals surface area contributed by atoms with Gasteiger partial charge in [0.25, 0.3) is 0 Å². The summed E-state index contributed by atoms with van der Waals surface area (Å²) >= 11 is 5.02. The molecule has 0 aliphatic heterocycles. The van der Waals surface area contributed by atoms with Gasteiger partial charge in [-0.3, -0.25) is 5.43 Å². The monoisotopic (exact) mass is 291 g/mol. The van der Waals surface area contributed by atoms with E-state index < -0.39 is 0 Å². The van der Waals surface area contributed by atoms with Gasteiger partial charge in [-0.1, -0.05) is 32.1 Å². The van der Waals surface area contributed by atoms with E-state index in [-0.39, 0.29) is 0 Å². The fraction of sp³-hybridized carbons (Fsp3) is 0.333. The van der Waals surface area contributed by atoms with E-state index in [4.69, 9.17) is 17.0 Å². The molecule has 0 heterocycles. The van der Waals surface area contributed by atoms with Crippen LogP contribution >= 0.6 is 12.2 Å². The van der Waals surface area contributed by atoms with Crippen molar-refractivity contribution in [3.05, 3.63) is 42.5 Å². The van der Waals surface area contributed by atoms with Gasteiger partial charge in [0.15, 0.2) is 5.11 Å². The Labute approximate surface area is 125 Å². The number of nitrogens with zero attached hydrogens (tertiary/aromatic N) is 1. The number of hydrogen-bond acceptors (Lipinski definition) is 3. The first kappa shape index (κ1) is 16.2. The standard InChI is InChI=1S/C15H21N3OS/c1-4-8-16-15(20)18-17-10-13-6-5-7-14(9-13)19-11-12(2)3/h4-7,9-10,12H,1,8,11H2,2-3H3,(H2,16,18,20)/b17-10+. The van der Waals surface area contributed by atoms with Crippen LogP contribution < -0.4 is 15.5 Å². The van der Waals surface area contributed by atoms with E-state index in [0.29, 0.717) is 24.2 Å². The van der Waals surface area contributed by atoms with E-state index in [2.05, 4.69) is 36.3 Å². The van der Waals surface area contributed by atoms with Crippen LogP contribution in [0.2, 0.25) is 0 Å². The molecule has 0 amide bonds. The van der Waals surface area contributed by atoms with Gasteiger partial charge in [0.05, 0.1) is 12.8 Å². The molecule has 0 aliphatic rings. The van der Waals surface area contributed by atoms with Crippen LogP contribution in [0.3, 0.4) is 0 Å². The molecule has 5 heteroatoms. The number of benzene rings is 1. The summed E-state index contributed by atoms with van der Waals surface area (Å²) in [5, 5.41) is 7.45. The Morgan fingerprint density at radius 2 is 2.30 bits per heavy atom. The third-order valence-electron chi connectivity index (χ3n) is 2.23. The third-order valence-corrected chi connectivity index (χ3v) is 2.46. The van der Waals surface area contributed by atoms with Gasteiger partial charge in [-0.05, 0) is 35.8 Å². The van der Waals surface area contributed by atoms with E-state index in [9.17, 15) is 0 Å². The maximum atomic E-state index is 5.66. The maximum Gasteiger partial charge on any atom is 0.187 e. The topological polar surface area (TPSA) is 45.7 Å². The van der Waals surface area contributed by atoms with Crippen LogP contribution in [0.15, 0.2) is 42.0 Å². The lowest BCUT2D eigenvalue weighted by atomic mass is 10.2. The normalized spacial score (nSPS) is 10.6. The molecule has 1 rings (SSSR count). The minimum atomic E-state index is 0.466. The molecule has 108 valence electrons. The smallest absolute Gasteiger partial charge is 0.187 e. The second kappa shape index (κ2) is 9.09. The van der Waals surface area contributed by atoms with E-state index in [0.717, 1.165) is 11.3 Å². The van der Waals surface area contributed by atoms with Crippen LogP contribution in [0.4, 0.5) is 0 Å². The predicted octanol–water partition coefficient (Wildman–Crippen LogP) is 2.71. The number of ether oxygens (including phenoxy) is 1. The summed E-state index contributed by atoms with van der Waals surface area (Å²) in [6.45, 7) is 9.15. The van der Waals surface area contributed by atoms with E-state index >= 15 is 0 Å². The van der Waals surface area contributed by atoms with Gasteiger partial charge in [-0.15, -0.1) is 6.58 Å². The molecule has 2 N–H and O–H groups in total. The molecule has 0 radical (unpaired) electrons. The van der Waals surface area contributed by atoms with Crippen molar-refractivity contribution in [2.45, 2.75) is 13.8 Å². The number of thiocarbonyl (C=S) groups is 1. The van der Waals surface area contributed by atoms with Crippen LogP contribution in [0, 0.1) is 5.92 Å². The van der Waals surface area contributed by atoms with Crippen LogP contribution in [-0.2, 0) is 0 Å². The summed E-state index contributed by atoms with van der Waals surface area (Å²) in [4.78, 5) is 0. The van der Waals surface area contributed by atoms with Crippen molar-refractivity contribution in [2.24, 2.45) is 11.0 Å². The lowest BCUT2D eigenvalue weighted by Crippen LogP contribution is -2.31. The molecule has 0 fully saturated rings. The first-order valence-electron chi connectivity index (χ1n) is 6.52. The third kappa shape index (κ3) is 6.89. The van der Waals surface area contributed by atoms with E-state index in [1.807, 2.05) is 24.3 Å². The van der Waals surface area contributed by atoms with Crippen LogP contribution in [-0.4, -0.2) is 24.5 Å². The largest absolute Gasteiger partial charge is 0.493 e. The van der Waals surface area contributed by atoms with Crippen molar-refractivity contribution in [1.29, 1.82) is 0 Å². The van der Waals surface area contributed by atoms with Gasteiger partial charge < -0.3 is 10.1 Å². The molecule has 0 aromatic heterocycles. The second-order valence-corrected chi connectivity index (χ2v) is 5.05. The quantitative estimate of drug-likeness (QED) is 0.351. The Bertz CT molecular complexity index is 472. The van der Waals surface area contributed by atoms with Crippen LogP contribution in [0.25, 0.3) is 0 Å². The molecule has 0 atom stereocenters. The highest BCUT2D eigenvalue weighted by atomic mass is 32.1. The van der Waals surface area contributed by atoms with Crippen molar-refractivity contribution in [3.8, 4) is 5.75 Å². The number of nitrogens with one attached hydrogen (secondary N) is 2. The van der Waals surface area contributed by atoms with Crippen molar-refractivity contribution in [1.82, 2.24) is 10.7 Å². The minimum Gasteiger partial charge on any atom is -0.493 e. The zero-order chi connectivity index (χ0) is 14.8. The molecule has 20 heavy (non-hydrogen) atoms. The molecule has 1 aromatic carbocycles. The molecule has 0 spiro atoms. The lowest BCUT2D eigenvalue weighted by molar-refractivity contribution is 0.271. The fourth-order valence-electron chi connectivity index (χ4n) is 1.32. The molecule has 4 nitrogen and oxygen atoms in total. The average Bonchev–Trinajstić information content (AvgIpc) is 2.43. The molecule has 0 unspecified atom stereocenters. The lowest BCUT2D eigenvalue weighted by Gasteiger charge is -2.08. The molecule has 1 aromatic rings. The second-order valence-electron chi connectivity index (χ2n) is 4.65. The Balaban J connectivity index is 2.48. The van der Waals surface area contributed by atoms with Gasteiger partial charge in [0, 0.05) is 6.54 Å². The van der Waals surface area contributed by atoms with Crippen molar-refractivity contribution in [3.63, 3.8) is 0 Å². The zero-order valence-electron chi connectivity index (χ0n) is 11.9. The van der Waals surface area contributed by atoms with Gasteiger partial charge >= 0.3 is 0 Å². The summed E-state index contributed by atoms with van der Waals surface area (Å²) in [6, 6.07) is 7.76. The van der Waals surface area contributed by atoms with Crippen molar-refractivity contribution < 1.29 is 4.74 Å². The van der Waals surface area contributed by atoms with Crippen LogP contribution in [0.5, 0.6) is 5.75 Å². The Morgan fingerprint density at radius 3 is 3.00 bits per heavy atom. The van der Waals surface area contributed by atoms with Crippen molar-refractivity contribution >= 4 is 23.5 Å². The number of hydrazone groups is 1. The molecular formula is C15H21N3OS. The summed E-state index contributed by atoms with van der Waals surface area (Å²) in [5.41, 5.74) is 3.69. The first-order valence-corrected chi connectivity index (χ1v) is 6.93. The number of hydrogen-bond donors (Lipinski definition) is 2. The minimum absolute atomic E-state index is 0.466. The first-order chi connectivity index (χ1) is 9.61. The maximum absolute atomic E-state index is 5.66. The molecule has 0 aliphatic carbocycles. The number of rotatable bonds is 7. The van der Waals surface area contributed by atoms with Gasteiger partial charge in [-0.25, -0.2) is 0 Å². The zero-order valence-corrected chi connectivity index (χ0v) is 12.7. The Hall–Kier alpha value is -1.88. The summed E-state index contributed by atoms with van der Waals surface area (Å²) < 4.78 is 5.66. The highest BCUT2D eigenvalue weighted by Gasteiger charge is 1.98. The molecular weight excluding hydrogens is 270 g/mol. The summed E-state index contributed by atoms with van der Waals surface area (Å²) in [5.74, 6) is 1.34. The molecule has 0 bridgehead atoms. The Morgan fingerprint density at radius 1 is 1.50 bits per heavy atom. The van der Waals surface area contributed by atoms with Gasteiger partial charge in [0.1, 0.15) is 5.75 Å². The van der Waals surface area contributed by atoms with E-state index in [1.54, 1.807) is 12.3 Å². The Kier molecular flexibility index (Phi) is 7.35. The summed E-state index contributed by atoms with van der Waals surface area (Å²) in [7, 11) is 0. The molecule has 0 saturated carbocycles. The van der Waals surface area contributed by atoms with Gasteiger partial charge in [-0.2, -0.15) is 5.10 Å². The van der Waals surface area contributed by atoms with E-state index in [1.165, 1.54) is 0 Å². The average molecular weight is 291 g/mol. The predicted molar refractivity (Wildman–Crippen MR) is 88.3 cm³/mol. The highest BCUT2D eigenvalue weighted by Crippen LogP contribution is 2.13. The fourth-order valence-corrected chi connectivity index (χ4v) is 1.45. The summed E-state index contributed by atoms with van der Waals surface area (Å²) in [6.07, 6.45) is 3.43. The van der Waals surface area contributed by atoms with Crippen molar-refractivity contribution in [2.75, 3.05) is 13.2 Å². The highest BCUT2D eigenvalue weighted by molar-refractivity contribution is 7.80. The molecule has 0 saturated heterocycles.